The highest BCUT2D eigenvalue weighted by Gasteiger charge is 2.11. The minimum Gasteiger partial charge on any atom is -0.361 e. The van der Waals surface area contributed by atoms with Gasteiger partial charge in [0.15, 0.2) is 21.4 Å². The predicted octanol–water partition coefficient (Wildman–Crippen LogP) is 12.2. The van der Waals surface area contributed by atoms with Crippen LogP contribution in [0.3, 0.4) is 0 Å². The van der Waals surface area contributed by atoms with Gasteiger partial charge in [0.25, 0.3) is 5.82 Å². The van der Waals surface area contributed by atoms with Crippen LogP contribution in [0.15, 0.2) is 9.34 Å². The van der Waals surface area contributed by atoms with Crippen LogP contribution in [0.2, 0.25) is 10.3 Å². The predicted molar refractivity (Wildman–Crippen MR) is 307 cm³/mol. The minimum atomic E-state index is 0.208. The van der Waals surface area contributed by atoms with E-state index in [0.717, 1.165) is 78.4 Å². The Labute approximate surface area is 467 Å². The summed E-state index contributed by atoms with van der Waals surface area (Å²) in [6.45, 7) is 42.9. The van der Waals surface area contributed by atoms with Gasteiger partial charge in [0, 0.05) is 84.7 Å². The zero-order valence-electron chi connectivity index (χ0n) is 48.6. The van der Waals surface area contributed by atoms with E-state index in [9.17, 15) is 0 Å². The highest BCUT2D eigenvalue weighted by Crippen LogP contribution is 2.21. The van der Waals surface area contributed by atoms with Crippen molar-refractivity contribution >= 4 is 60.9 Å². The Hall–Kier alpha value is -5.80. The van der Waals surface area contributed by atoms with Crippen LogP contribution in [0.1, 0.15) is 109 Å². The number of nitriles is 1. The van der Waals surface area contributed by atoms with Gasteiger partial charge in [-0.2, -0.15) is 5.26 Å². The number of nitrogens with zero attached hydrogens (tertiary/aromatic N) is 18. The first kappa shape index (κ1) is 66.2. The van der Waals surface area contributed by atoms with Crippen LogP contribution in [0.25, 0.3) is 4.85 Å². The Morgan fingerprint density at radius 1 is 0.392 bits per heavy atom. The molecule has 8 heterocycles. The monoisotopic (exact) mass is 1180 g/mol. The summed E-state index contributed by atoms with van der Waals surface area (Å²) in [7, 11) is 15.6. The van der Waals surface area contributed by atoms with Crippen LogP contribution >= 0.6 is 55.1 Å². The first-order chi connectivity index (χ1) is 34.1. The Morgan fingerprint density at radius 2 is 0.662 bits per heavy atom. The van der Waals surface area contributed by atoms with E-state index in [4.69, 9.17) is 35.0 Å². The molecule has 8 aromatic heterocycles. The zero-order chi connectivity index (χ0) is 57.5. The van der Waals surface area contributed by atoms with Gasteiger partial charge < -0.3 is 36.8 Å². The number of aryl methyl sites for hydroxylation is 13. The lowest BCUT2D eigenvalue weighted by Gasteiger charge is -1.94. The Morgan fingerprint density at radius 3 is 0.757 bits per heavy atom. The molecule has 0 saturated carbocycles. The van der Waals surface area contributed by atoms with Crippen molar-refractivity contribution in [1.82, 2.24) is 76.4 Å². The second-order valence-corrected chi connectivity index (χ2v) is 19.9. The molecule has 0 unspecified atom stereocenters. The van der Waals surface area contributed by atoms with Crippen LogP contribution in [-0.2, 0) is 56.4 Å². The molecule has 0 radical (unpaired) electrons. The topological polar surface area (TPSA) is 171 Å². The fourth-order valence-corrected chi connectivity index (χ4v) is 7.70. The average Bonchev–Trinajstić information content (AvgIpc) is 4.15. The minimum absolute atomic E-state index is 0.208. The molecule has 0 saturated heterocycles. The van der Waals surface area contributed by atoms with Crippen molar-refractivity contribution in [3.63, 3.8) is 0 Å². The average molecular weight is 1190 g/mol. The molecule has 0 bridgehead atoms. The number of aromatic nitrogens is 16. The number of hydrogen-bond acceptors (Lipinski definition) is 9. The molecule has 0 aromatic carbocycles. The maximum Gasteiger partial charge on any atom is 0.267 e. The van der Waals surface area contributed by atoms with Gasteiger partial charge in [0.05, 0.1) is 41.2 Å². The first-order valence-corrected chi connectivity index (χ1v) is 25.8. The first-order valence-electron chi connectivity index (χ1n) is 23.4. The maximum absolute atomic E-state index is 8.52. The quantitative estimate of drug-likeness (QED) is 0.134. The number of imidazole rings is 8. The van der Waals surface area contributed by atoms with E-state index >= 15 is 0 Å². The molecule has 0 amide bonds. The van der Waals surface area contributed by atoms with Crippen LogP contribution in [0, 0.1) is 143 Å². The lowest BCUT2D eigenvalue weighted by molar-refractivity contribution is 0.827. The summed E-state index contributed by atoms with van der Waals surface area (Å²) in [5.74, 6) is 7.26. The molecular formula is C52H78Br2Cl2N18. The molecule has 22 heteroatoms. The molecule has 0 spiro atoms. The summed E-state index contributed by atoms with van der Waals surface area (Å²) < 4.78 is 17.6. The van der Waals surface area contributed by atoms with Gasteiger partial charge >= 0.3 is 0 Å². The van der Waals surface area contributed by atoms with Crippen molar-refractivity contribution in [3.8, 4) is 6.07 Å². The second-order valence-electron chi connectivity index (χ2n) is 17.7. The van der Waals surface area contributed by atoms with Crippen molar-refractivity contribution in [2.24, 2.45) is 56.4 Å². The second kappa shape index (κ2) is 29.3. The van der Waals surface area contributed by atoms with Gasteiger partial charge in [-0.15, -0.1) is 0 Å². The maximum atomic E-state index is 8.52. The molecule has 0 aliphatic heterocycles. The van der Waals surface area contributed by atoms with Gasteiger partial charge in [-0.05, 0) is 150 Å². The van der Waals surface area contributed by atoms with Gasteiger partial charge in [-0.3, -0.25) is 4.57 Å². The third kappa shape index (κ3) is 17.7. The summed E-state index contributed by atoms with van der Waals surface area (Å²) >= 11 is 17.9. The Bertz CT molecular complexity index is 2570. The normalized spacial score (nSPS) is 10.0. The molecule has 74 heavy (non-hydrogen) atoms. The molecule has 8 rings (SSSR count). The molecule has 8 aromatic rings. The van der Waals surface area contributed by atoms with Gasteiger partial charge in [0.2, 0.25) is 0 Å². The fraction of sp³-hybridized carbons (Fsp3) is 0.500. The smallest absolute Gasteiger partial charge is 0.267 e. The lowest BCUT2D eigenvalue weighted by atomic mass is 10.4. The van der Waals surface area contributed by atoms with Crippen molar-refractivity contribution in [2.75, 3.05) is 0 Å². The van der Waals surface area contributed by atoms with E-state index < -0.39 is 0 Å². The molecule has 0 fully saturated rings. The summed E-state index contributed by atoms with van der Waals surface area (Å²) in [4.78, 5) is 36.5. The molecule has 0 aliphatic carbocycles. The standard InChI is InChI=1S/C7H6N4.5C7H12N2.C5H6Br2N2.C5H6Cl2N2/c1-5-10-6(4-8)7(9-2)11(5)3;5*1-5-6(2)9(4)7(3)8-5;1-3-4(6)9(2)5(7)8-3;1-3-8-4(6)5(7)9(3)2/h1,3H3;5*1-4H3;2*1-2H3. The molecule has 404 valence electrons. The largest absolute Gasteiger partial charge is 0.361 e. The van der Waals surface area contributed by atoms with Crippen molar-refractivity contribution in [3.05, 3.63) is 140 Å². The van der Waals surface area contributed by atoms with E-state index in [1.165, 1.54) is 28.5 Å². The molecule has 0 aliphatic rings. The SMILES string of the molecule is Cc1nc(Br)n(C)c1Br.Cc1nc(C)n(C)c1C.Cc1nc(C)n(C)c1C.Cc1nc(C)n(C)c1C.Cc1nc(C)n(C)c1C.Cc1nc(C)n(C)c1C.Cc1nc(Cl)c(Cl)n1C.[C-]#[N+]c1c(C#N)nc(C)n1C. The van der Waals surface area contributed by atoms with Crippen LogP contribution in [0.5, 0.6) is 0 Å². The number of rotatable bonds is 0. The van der Waals surface area contributed by atoms with Gasteiger partial charge in [-0.1, -0.05) is 29.8 Å². The van der Waals surface area contributed by atoms with Crippen LogP contribution < -0.4 is 0 Å². The van der Waals surface area contributed by atoms with E-state index in [1.807, 2.05) is 143 Å². The van der Waals surface area contributed by atoms with E-state index in [2.05, 4.69) is 134 Å². The number of hydrogen-bond donors (Lipinski definition) is 0. The summed E-state index contributed by atoms with van der Waals surface area (Å²) in [6, 6.07) is 1.86. The van der Waals surface area contributed by atoms with Crippen molar-refractivity contribution < 1.29 is 0 Å². The Kier molecular flexibility index (Phi) is 26.2. The van der Waals surface area contributed by atoms with E-state index in [-0.39, 0.29) is 5.69 Å². The van der Waals surface area contributed by atoms with Gasteiger partial charge in [0.1, 0.15) is 50.8 Å². The highest BCUT2D eigenvalue weighted by molar-refractivity contribution is 9.11. The zero-order valence-corrected chi connectivity index (χ0v) is 53.2. The third-order valence-corrected chi connectivity index (χ3v) is 15.7. The van der Waals surface area contributed by atoms with E-state index in [0.29, 0.717) is 21.9 Å². The molecule has 18 nitrogen and oxygen atoms in total. The van der Waals surface area contributed by atoms with Gasteiger partial charge in [-0.25, -0.2) is 39.9 Å². The van der Waals surface area contributed by atoms with Crippen molar-refractivity contribution in [1.29, 1.82) is 5.26 Å². The molecular weight excluding hydrogens is 1110 g/mol. The fourth-order valence-electron chi connectivity index (χ4n) is 6.35. The summed E-state index contributed by atoms with van der Waals surface area (Å²) in [5, 5.41) is 9.38. The van der Waals surface area contributed by atoms with Crippen molar-refractivity contribution in [2.45, 2.75) is 125 Å². The molecule has 0 atom stereocenters. The molecule has 0 N–H and O–H groups in total. The lowest BCUT2D eigenvalue weighted by Crippen LogP contribution is -1.92. The number of halogens is 4. The van der Waals surface area contributed by atoms with Crippen LogP contribution in [-0.4, -0.2) is 76.4 Å². The van der Waals surface area contributed by atoms with E-state index in [1.54, 1.807) is 23.1 Å². The third-order valence-electron chi connectivity index (χ3n) is 13.0. The highest BCUT2D eigenvalue weighted by atomic mass is 79.9. The Balaban J connectivity index is 0.000000423. The summed E-state index contributed by atoms with van der Waals surface area (Å²) in [6.07, 6.45) is 0. The summed E-state index contributed by atoms with van der Waals surface area (Å²) in [5.41, 5.74) is 13.2. The van der Waals surface area contributed by atoms with Crippen LogP contribution in [0.4, 0.5) is 5.82 Å².